The van der Waals surface area contributed by atoms with Gasteiger partial charge in [0.2, 0.25) is 0 Å². The van der Waals surface area contributed by atoms with Gasteiger partial charge in [-0.15, -0.1) is 0 Å². The van der Waals surface area contributed by atoms with E-state index in [2.05, 4.69) is 20.2 Å². The van der Waals surface area contributed by atoms with E-state index in [1.807, 2.05) is 4.90 Å². The van der Waals surface area contributed by atoms with E-state index in [0.717, 1.165) is 31.0 Å². The van der Waals surface area contributed by atoms with Gasteiger partial charge in [-0.1, -0.05) is 12.8 Å². The number of nitrogens with zero attached hydrogens (tertiary/aromatic N) is 5. The molecule has 5 rings (SSSR count). The van der Waals surface area contributed by atoms with Crippen molar-refractivity contribution in [3.05, 3.63) is 35.9 Å². The third-order valence-corrected chi connectivity index (χ3v) is 6.13. The fourth-order valence-corrected chi connectivity index (χ4v) is 4.65. The summed E-state index contributed by atoms with van der Waals surface area (Å²) in [6.07, 6.45) is 11.8. The zero-order chi connectivity index (χ0) is 16.9. The number of aromatic amines is 1. The summed E-state index contributed by atoms with van der Waals surface area (Å²) in [4.78, 5) is 27.6. The average molecular weight is 338 g/mol. The summed E-state index contributed by atoms with van der Waals surface area (Å²) in [5, 5.41) is 7.64. The second-order valence-electron chi connectivity index (χ2n) is 7.79. The summed E-state index contributed by atoms with van der Waals surface area (Å²) in [5.74, 6) is 2.76. The van der Waals surface area contributed by atoms with Crippen LogP contribution in [0.2, 0.25) is 0 Å². The van der Waals surface area contributed by atoms with Crippen LogP contribution < -0.4 is 0 Å². The number of H-pyrrole nitrogens is 1. The van der Waals surface area contributed by atoms with Crippen LogP contribution in [0, 0.1) is 5.41 Å². The first-order valence-corrected chi connectivity index (χ1v) is 9.22. The summed E-state index contributed by atoms with van der Waals surface area (Å²) in [5.41, 5.74) is 0.707. The molecule has 1 N–H and O–H groups in total. The van der Waals surface area contributed by atoms with Crippen LogP contribution in [0.15, 0.2) is 18.7 Å². The number of aromatic nitrogens is 5. The molecule has 7 nitrogen and oxygen atoms in total. The lowest BCUT2D eigenvalue weighted by Gasteiger charge is -2.28. The van der Waals surface area contributed by atoms with E-state index in [-0.39, 0.29) is 17.2 Å². The van der Waals surface area contributed by atoms with Crippen LogP contribution in [0.3, 0.4) is 0 Å². The molecule has 3 heterocycles. The Morgan fingerprint density at radius 3 is 2.68 bits per heavy atom. The Morgan fingerprint density at radius 1 is 1.20 bits per heavy atom. The lowest BCUT2D eigenvalue weighted by molar-refractivity contribution is 0.0772. The molecule has 3 aliphatic rings. The molecule has 2 aromatic rings. The SMILES string of the molecule is O=C(c1cncnc1)N1CC(c2nc(C3CC3)n[nH]2)C2(CCCC2)C1. The van der Waals surface area contributed by atoms with Gasteiger partial charge >= 0.3 is 0 Å². The Balaban J connectivity index is 1.44. The van der Waals surface area contributed by atoms with Crippen LogP contribution in [0.25, 0.3) is 0 Å². The molecule has 1 spiro atoms. The molecule has 1 aliphatic heterocycles. The molecular weight excluding hydrogens is 316 g/mol. The minimum absolute atomic E-state index is 0.0244. The molecule has 7 heteroatoms. The number of hydrogen-bond acceptors (Lipinski definition) is 5. The molecule has 2 aliphatic carbocycles. The van der Waals surface area contributed by atoms with Crippen LogP contribution in [-0.4, -0.2) is 49.0 Å². The van der Waals surface area contributed by atoms with Crippen molar-refractivity contribution in [3.63, 3.8) is 0 Å². The third-order valence-electron chi connectivity index (χ3n) is 6.13. The fraction of sp³-hybridized carbons (Fsp3) is 0.611. The highest BCUT2D eigenvalue weighted by molar-refractivity contribution is 5.93. The van der Waals surface area contributed by atoms with Crippen LogP contribution >= 0.6 is 0 Å². The molecule has 0 aromatic carbocycles. The van der Waals surface area contributed by atoms with Crippen molar-refractivity contribution in [2.45, 2.75) is 50.4 Å². The largest absolute Gasteiger partial charge is 0.337 e. The van der Waals surface area contributed by atoms with E-state index in [4.69, 9.17) is 4.98 Å². The predicted molar refractivity (Wildman–Crippen MR) is 89.9 cm³/mol. The number of amides is 1. The van der Waals surface area contributed by atoms with Gasteiger partial charge in [-0.2, -0.15) is 5.10 Å². The molecule has 2 saturated carbocycles. The van der Waals surface area contributed by atoms with Crippen LogP contribution in [0.4, 0.5) is 0 Å². The molecule has 3 fully saturated rings. The lowest BCUT2D eigenvalue weighted by atomic mass is 9.76. The third kappa shape index (κ3) is 2.53. The Kier molecular flexibility index (Phi) is 3.36. The molecule has 1 saturated heterocycles. The Labute approximate surface area is 146 Å². The van der Waals surface area contributed by atoms with Crippen molar-refractivity contribution in [2.75, 3.05) is 13.1 Å². The highest BCUT2D eigenvalue weighted by Gasteiger charge is 2.51. The molecule has 2 aromatic heterocycles. The second-order valence-corrected chi connectivity index (χ2v) is 7.79. The number of nitrogens with one attached hydrogen (secondary N) is 1. The lowest BCUT2D eigenvalue weighted by Crippen LogP contribution is -2.31. The molecule has 130 valence electrons. The van der Waals surface area contributed by atoms with Gasteiger partial charge in [-0.05, 0) is 31.1 Å². The summed E-state index contributed by atoms with van der Waals surface area (Å²) in [6.45, 7) is 1.50. The average Bonchev–Trinajstić information content (AvgIpc) is 3.08. The van der Waals surface area contributed by atoms with Crippen molar-refractivity contribution >= 4 is 5.91 Å². The van der Waals surface area contributed by atoms with Crippen LogP contribution in [0.5, 0.6) is 0 Å². The van der Waals surface area contributed by atoms with Gasteiger partial charge in [0.05, 0.1) is 5.56 Å². The molecular formula is C18H22N6O. The zero-order valence-corrected chi connectivity index (χ0v) is 14.2. The van der Waals surface area contributed by atoms with Gasteiger partial charge < -0.3 is 4.90 Å². The minimum atomic E-state index is 0.0244. The normalized spacial score (nSPS) is 25.0. The number of rotatable bonds is 3. The summed E-state index contributed by atoms with van der Waals surface area (Å²) in [6, 6.07) is 0. The first-order valence-electron chi connectivity index (χ1n) is 9.22. The van der Waals surface area contributed by atoms with Gasteiger partial charge in [0, 0.05) is 37.3 Å². The van der Waals surface area contributed by atoms with E-state index < -0.39 is 0 Å². The van der Waals surface area contributed by atoms with Crippen LogP contribution in [0.1, 0.15) is 72.4 Å². The predicted octanol–water partition coefficient (Wildman–Crippen LogP) is 2.27. The van der Waals surface area contributed by atoms with Crippen molar-refractivity contribution in [1.29, 1.82) is 0 Å². The summed E-state index contributed by atoms with van der Waals surface area (Å²) < 4.78 is 0. The minimum Gasteiger partial charge on any atom is -0.337 e. The molecule has 1 atom stereocenters. The van der Waals surface area contributed by atoms with Crippen molar-refractivity contribution in [3.8, 4) is 0 Å². The first-order chi connectivity index (χ1) is 12.3. The highest BCUT2D eigenvalue weighted by atomic mass is 16.2. The van der Waals surface area contributed by atoms with E-state index in [1.54, 1.807) is 12.4 Å². The Bertz CT molecular complexity index is 778. The Morgan fingerprint density at radius 2 is 1.96 bits per heavy atom. The van der Waals surface area contributed by atoms with E-state index in [9.17, 15) is 4.79 Å². The topological polar surface area (TPSA) is 87.7 Å². The van der Waals surface area contributed by atoms with Crippen molar-refractivity contribution < 1.29 is 4.79 Å². The van der Waals surface area contributed by atoms with Gasteiger partial charge in [0.1, 0.15) is 12.2 Å². The van der Waals surface area contributed by atoms with E-state index in [0.29, 0.717) is 18.0 Å². The number of likely N-dealkylation sites (tertiary alicyclic amines) is 1. The first kappa shape index (κ1) is 15.0. The number of hydrogen-bond donors (Lipinski definition) is 1. The smallest absolute Gasteiger partial charge is 0.257 e. The maximum atomic E-state index is 12.9. The second kappa shape index (κ2) is 5.61. The molecule has 1 amide bonds. The van der Waals surface area contributed by atoms with Gasteiger partial charge in [-0.25, -0.2) is 15.0 Å². The standard InChI is InChI=1S/C18H22N6O/c25-17(13-7-19-11-20-8-13)24-9-14(18(10-24)5-1-2-6-18)16-21-15(22-23-16)12-3-4-12/h7-8,11-12,14H,1-6,9-10H2,(H,21,22,23). The zero-order valence-electron chi connectivity index (χ0n) is 14.2. The maximum absolute atomic E-state index is 12.9. The Hall–Kier alpha value is -2.31. The molecule has 0 radical (unpaired) electrons. The van der Waals surface area contributed by atoms with Gasteiger partial charge in [-0.3, -0.25) is 9.89 Å². The van der Waals surface area contributed by atoms with Crippen LogP contribution in [-0.2, 0) is 0 Å². The molecule has 0 bridgehead atoms. The molecule has 1 unspecified atom stereocenters. The monoisotopic (exact) mass is 338 g/mol. The molecule has 25 heavy (non-hydrogen) atoms. The summed E-state index contributed by atoms with van der Waals surface area (Å²) >= 11 is 0. The quantitative estimate of drug-likeness (QED) is 0.927. The van der Waals surface area contributed by atoms with Gasteiger partial charge in [0.15, 0.2) is 5.82 Å². The maximum Gasteiger partial charge on any atom is 0.257 e. The van der Waals surface area contributed by atoms with E-state index in [1.165, 1.54) is 32.0 Å². The van der Waals surface area contributed by atoms with Crippen molar-refractivity contribution in [1.82, 2.24) is 30.0 Å². The van der Waals surface area contributed by atoms with E-state index >= 15 is 0 Å². The number of carbonyl (C=O) groups is 1. The highest BCUT2D eigenvalue weighted by Crippen LogP contribution is 2.53. The van der Waals surface area contributed by atoms with Crippen molar-refractivity contribution in [2.24, 2.45) is 5.41 Å². The summed E-state index contributed by atoms with van der Waals surface area (Å²) in [7, 11) is 0. The number of carbonyl (C=O) groups excluding carboxylic acids is 1. The van der Waals surface area contributed by atoms with Gasteiger partial charge in [0.25, 0.3) is 5.91 Å². The fourth-order valence-electron chi connectivity index (χ4n) is 4.65.